The molecule has 0 aliphatic heterocycles. The normalized spacial score (nSPS) is 10.8. The van der Waals surface area contributed by atoms with Crippen LogP contribution in [-0.2, 0) is 0 Å². The SMILES string of the molecule is Nc1ccc(C(=O)O)nc1Sc1ncnc2nc[nH]c12. The number of fused-ring (bicyclic) bond motifs is 1. The summed E-state index contributed by atoms with van der Waals surface area (Å²) in [5, 5.41) is 9.90. The number of carboxylic acid groups (broad SMARTS) is 1. The largest absolute Gasteiger partial charge is 0.477 e. The van der Waals surface area contributed by atoms with Gasteiger partial charge in [0.05, 0.1) is 12.0 Å². The molecule has 0 aliphatic rings. The van der Waals surface area contributed by atoms with Crippen molar-refractivity contribution >= 4 is 34.6 Å². The van der Waals surface area contributed by atoms with E-state index in [2.05, 4.69) is 24.9 Å². The number of hydrogen-bond acceptors (Lipinski definition) is 7. The Balaban J connectivity index is 2.04. The number of anilines is 1. The third kappa shape index (κ3) is 2.14. The van der Waals surface area contributed by atoms with Gasteiger partial charge in [-0.2, -0.15) is 0 Å². The Morgan fingerprint density at radius 3 is 2.90 bits per heavy atom. The minimum Gasteiger partial charge on any atom is -0.477 e. The van der Waals surface area contributed by atoms with Crippen molar-refractivity contribution in [2.45, 2.75) is 10.1 Å². The molecule has 3 heterocycles. The Kier molecular flexibility index (Phi) is 2.95. The summed E-state index contributed by atoms with van der Waals surface area (Å²) in [5.41, 5.74) is 7.30. The summed E-state index contributed by atoms with van der Waals surface area (Å²) in [4.78, 5) is 30.0. The molecule has 0 unspecified atom stereocenters. The third-order valence-electron chi connectivity index (χ3n) is 2.49. The van der Waals surface area contributed by atoms with Crippen molar-refractivity contribution < 1.29 is 9.90 Å². The lowest BCUT2D eigenvalue weighted by Gasteiger charge is -2.05. The van der Waals surface area contributed by atoms with Gasteiger partial charge in [0.1, 0.15) is 27.6 Å². The second-order valence-corrected chi connectivity index (χ2v) is 4.76. The molecule has 0 amide bonds. The molecule has 3 rings (SSSR count). The zero-order chi connectivity index (χ0) is 14.1. The van der Waals surface area contributed by atoms with E-state index >= 15 is 0 Å². The summed E-state index contributed by atoms with van der Waals surface area (Å²) in [7, 11) is 0. The van der Waals surface area contributed by atoms with Gasteiger partial charge in [-0.15, -0.1) is 0 Å². The number of imidazole rings is 1. The van der Waals surface area contributed by atoms with Gasteiger partial charge < -0.3 is 15.8 Å². The molecule has 0 aliphatic carbocycles. The lowest BCUT2D eigenvalue weighted by molar-refractivity contribution is 0.0690. The van der Waals surface area contributed by atoms with Crippen molar-refractivity contribution in [3.63, 3.8) is 0 Å². The maximum absolute atomic E-state index is 10.9. The summed E-state index contributed by atoms with van der Waals surface area (Å²) in [6, 6.07) is 2.86. The number of hydrogen-bond donors (Lipinski definition) is 3. The van der Waals surface area contributed by atoms with Crippen LogP contribution in [0.3, 0.4) is 0 Å². The van der Waals surface area contributed by atoms with Crippen LogP contribution in [0.25, 0.3) is 11.2 Å². The molecule has 0 spiro atoms. The number of H-pyrrole nitrogens is 1. The molecule has 0 saturated carbocycles. The fourth-order valence-electron chi connectivity index (χ4n) is 1.56. The summed E-state index contributed by atoms with van der Waals surface area (Å²) in [6.07, 6.45) is 2.89. The minimum atomic E-state index is -1.11. The number of nitrogens with one attached hydrogen (secondary N) is 1. The zero-order valence-electron chi connectivity index (χ0n) is 9.94. The predicted molar refractivity (Wildman–Crippen MR) is 71.4 cm³/mol. The van der Waals surface area contributed by atoms with Crippen LogP contribution < -0.4 is 5.73 Å². The first-order valence-electron chi connectivity index (χ1n) is 5.47. The highest BCUT2D eigenvalue weighted by atomic mass is 32.2. The van der Waals surface area contributed by atoms with Crippen molar-refractivity contribution in [1.29, 1.82) is 0 Å². The summed E-state index contributed by atoms with van der Waals surface area (Å²) >= 11 is 1.16. The van der Waals surface area contributed by atoms with Crippen LogP contribution in [0.5, 0.6) is 0 Å². The number of nitrogens with zero attached hydrogens (tertiary/aromatic N) is 4. The van der Waals surface area contributed by atoms with Crippen LogP contribution in [0.15, 0.2) is 34.8 Å². The number of carboxylic acids is 1. The second kappa shape index (κ2) is 4.78. The third-order valence-corrected chi connectivity index (χ3v) is 3.51. The molecule has 20 heavy (non-hydrogen) atoms. The molecule has 0 aromatic carbocycles. The van der Waals surface area contributed by atoms with Gasteiger partial charge in [-0.25, -0.2) is 24.7 Å². The van der Waals surface area contributed by atoms with E-state index in [0.717, 1.165) is 11.8 Å². The standard InChI is InChI=1S/C11H8N6O2S/c12-5-1-2-6(11(18)19)17-9(5)20-10-7-8(14-3-13-7)15-4-16-10/h1-4H,12H2,(H,18,19)(H,13,14,15,16). The average Bonchev–Trinajstić information content (AvgIpc) is 2.90. The van der Waals surface area contributed by atoms with Crippen LogP contribution in [0.2, 0.25) is 0 Å². The lowest BCUT2D eigenvalue weighted by Crippen LogP contribution is -2.03. The quantitative estimate of drug-likeness (QED) is 0.612. The van der Waals surface area contributed by atoms with Gasteiger partial charge in [-0.05, 0) is 23.9 Å². The molecule has 4 N–H and O–H groups in total. The first kappa shape index (κ1) is 12.4. The zero-order valence-corrected chi connectivity index (χ0v) is 10.8. The van der Waals surface area contributed by atoms with E-state index in [1.807, 2.05) is 0 Å². The van der Waals surface area contributed by atoms with Crippen LogP contribution >= 0.6 is 11.8 Å². The van der Waals surface area contributed by atoms with Gasteiger partial charge in [0.25, 0.3) is 0 Å². The smallest absolute Gasteiger partial charge is 0.354 e. The minimum absolute atomic E-state index is 0.0726. The second-order valence-electron chi connectivity index (χ2n) is 3.78. The summed E-state index contributed by atoms with van der Waals surface area (Å²) < 4.78 is 0. The van der Waals surface area contributed by atoms with Gasteiger partial charge in [0.15, 0.2) is 5.65 Å². The first-order valence-corrected chi connectivity index (χ1v) is 6.28. The van der Waals surface area contributed by atoms with Gasteiger partial charge >= 0.3 is 5.97 Å². The Hall–Kier alpha value is -2.68. The maximum Gasteiger partial charge on any atom is 0.354 e. The number of rotatable bonds is 3. The summed E-state index contributed by atoms with van der Waals surface area (Å²) in [6.45, 7) is 0. The Morgan fingerprint density at radius 1 is 1.25 bits per heavy atom. The van der Waals surface area contributed by atoms with E-state index in [9.17, 15) is 4.79 Å². The van der Waals surface area contributed by atoms with E-state index < -0.39 is 5.97 Å². The molecule has 100 valence electrons. The number of aromatic amines is 1. The number of nitrogen functional groups attached to an aromatic ring is 1. The fraction of sp³-hybridized carbons (Fsp3) is 0. The monoisotopic (exact) mass is 288 g/mol. The van der Waals surface area contributed by atoms with Crippen molar-refractivity contribution in [1.82, 2.24) is 24.9 Å². The van der Waals surface area contributed by atoms with Crippen molar-refractivity contribution in [3.8, 4) is 0 Å². The number of aromatic nitrogens is 5. The van der Waals surface area contributed by atoms with Gasteiger partial charge in [0.2, 0.25) is 0 Å². The van der Waals surface area contributed by atoms with Gasteiger partial charge in [-0.1, -0.05) is 0 Å². The average molecular weight is 288 g/mol. The molecule has 0 fully saturated rings. The lowest BCUT2D eigenvalue weighted by atomic mass is 10.3. The highest BCUT2D eigenvalue weighted by Gasteiger charge is 2.13. The van der Waals surface area contributed by atoms with Crippen LogP contribution in [0, 0.1) is 0 Å². The molecule has 9 heteroatoms. The van der Waals surface area contributed by atoms with E-state index in [0.29, 0.717) is 26.9 Å². The van der Waals surface area contributed by atoms with Crippen molar-refractivity contribution in [3.05, 3.63) is 30.5 Å². The molecule has 0 bridgehead atoms. The first-order chi connectivity index (χ1) is 9.65. The molecule has 8 nitrogen and oxygen atoms in total. The van der Waals surface area contributed by atoms with Gasteiger partial charge in [-0.3, -0.25) is 0 Å². The van der Waals surface area contributed by atoms with Crippen LogP contribution in [0.4, 0.5) is 5.69 Å². The highest BCUT2D eigenvalue weighted by Crippen LogP contribution is 2.31. The number of carbonyl (C=O) groups is 1. The Bertz CT molecular complexity index is 802. The van der Waals surface area contributed by atoms with E-state index in [4.69, 9.17) is 10.8 Å². The highest BCUT2D eigenvalue weighted by molar-refractivity contribution is 7.99. The Morgan fingerprint density at radius 2 is 2.10 bits per heavy atom. The summed E-state index contributed by atoms with van der Waals surface area (Å²) in [5.74, 6) is -1.11. The van der Waals surface area contributed by atoms with Crippen LogP contribution in [0.1, 0.15) is 10.5 Å². The molecule has 0 saturated heterocycles. The molecule has 3 aromatic heterocycles. The van der Waals surface area contributed by atoms with Crippen LogP contribution in [-0.4, -0.2) is 36.0 Å². The molecule has 0 atom stereocenters. The maximum atomic E-state index is 10.9. The molecule has 3 aromatic rings. The number of pyridine rings is 1. The predicted octanol–water partition coefficient (Wildman–Crippen LogP) is 1.18. The molecule has 0 radical (unpaired) electrons. The van der Waals surface area contributed by atoms with Gasteiger partial charge in [0, 0.05) is 0 Å². The fourth-order valence-corrected chi connectivity index (χ4v) is 2.43. The Labute approximate surface area is 116 Å². The molecular formula is C11H8N6O2S. The van der Waals surface area contributed by atoms with Crippen molar-refractivity contribution in [2.75, 3.05) is 5.73 Å². The topological polar surface area (TPSA) is 131 Å². The van der Waals surface area contributed by atoms with Crippen molar-refractivity contribution in [2.24, 2.45) is 0 Å². The van der Waals surface area contributed by atoms with E-state index in [-0.39, 0.29) is 5.69 Å². The van der Waals surface area contributed by atoms with E-state index in [1.54, 1.807) is 0 Å². The number of aromatic carboxylic acids is 1. The molecular weight excluding hydrogens is 280 g/mol. The number of nitrogens with two attached hydrogens (primary N) is 1. The van der Waals surface area contributed by atoms with E-state index in [1.165, 1.54) is 24.8 Å².